The molecule has 150 valence electrons. The van der Waals surface area contributed by atoms with Gasteiger partial charge in [-0.1, -0.05) is 0 Å². The summed E-state index contributed by atoms with van der Waals surface area (Å²) in [5.74, 6) is -0.917. The van der Waals surface area contributed by atoms with E-state index in [1.54, 1.807) is 7.05 Å². The zero-order chi connectivity index (χ0) is 20.9. The van der Waals surface area contributed by atoms with Crippen molar-refractivity contribution in [3.8, 4) is 0 Å². The number of nitrogens with one attached hydrogen (secondary N) is 1. The van der Waals surface area contributed by atoms with Crippen LogP contribution in [0.1, 0.15) is 24.2 Å². The molecule has 0 aliphatic heterocycles. The largest absolute Gasteiger partial charge is 0.395 e. The molecule has 0 aliphatic rings. The van der Waals surface area contributed by atoms with Crippen LogP contribution in [0.4, 0.5) is 11.4 Å². The van der Waals surface area contributed by atoms with Gasteiger partial charge in [-0.2, -0.15) is 0 Å². The number of halogens is 3. The molecule has 1 aromatic rings. The molecule has 0 heterocycles. The summed E-state index contributed by atoms with van der Waals surface area (Å²) in [5.41, 5.74) is 1.28. The van der Waals surface area contributed by atoms with E-state index in [1.165, 1.54) is 23.6 Å². The number of carbonyl (C=O) groups excluding carboxylic acids is 3. The van der Waals surface area contributed by atoms with Crippen LogP contribution in [0.3, 0.4) is 0 Å². The Balaban J connectivity index is 3.76. The Labute approximate surface area is 198 Å². The maximum Gasteiger partial charge on any atom is 0.256 e. The molecule has 1 aromatic carbocycles. The molecule has 3 amide bonds. The highest BCUT2D eigenvalue weighted by atomic mass is 127. The van der Waals surface area contributed by atoms with Gasteiger partial charge in [-0.3, -0.25) is 14.4 Å². The molecule has 0 atom stereocenters. The van der Waals surface area contributed by atoms with Gasteiger partial charge in [0.1, 0.15) is 0 Å². The molecule has 8 nitrogen and oxygen atoms in total. The van der Waals surface area contributed by atoms with E-state index in [2.05, 4.69) is 5.32 Å². The van der Waals surface area contributed by atoms with Gasteiger partial charge in [0.05, 0.1) is 40.9 Å². The van der Waals surface area contributed by atoms with Crippen molar-refractivity contribution >= 4 is 96.9 Å². The molecule has 3 N–H and O–H groups in total. The van der Waals surface area contributed by atoms with Crippen LogP contribution in [0.25, 0.3) is 0 Å². The van der Waals surface area contributed by atoms with E-state index in [0.29, 0.717) is 27.6 Å². The highest BCUT2D eigenvalue weighted by Gasteiger charge is 2.29. The Morgan fingerprint density at radius 1 is 0.963 bits per heavy atom. The number of carbonyl (C=O) groups is 3. The fourth-order valence-corrected chi connectivity index (χ4v) is 6.91. The minimum absolute atomic E-state index is 0.0604. The highest BCUT2D eigenvalue weighted by molar-refractivity contribution is 14.1. The van der Waals surface area contributed by atoms with Crippen LogP contribution in [0, 0.1) is 10.7 Å². The van der Waals surface area contributed by atoms with Gasteiger partial charge in [-0.05, 0) is 67.8 Å². The molecule has 0 spiro atoms. The third kappa shape index (κ3) is 5.86. The highest BCUT2D eigenvalue weighted by Crippen LogP contribution is 2.40. The van der Waals surface area contributed by atoms with Crippen molar-refractivity contribution in [3.05, 3.63) is 16.3 Å². The quantitative estimate of drug-likeness (QED) is 0.374. The summed E-state index contributed by atoms with van der Waals surface area (Å²) < 4.78 is 1.73. The normalized spacial score (nSPS) is 10.5. The molecule has 0 aliphatic carbocycles. The lowest BCUT2D eigenvalue weighted by Gasteiger charge is -2.27. The van der Waals surface area contributed by atoms with E-state index in [0.717, 1.165) is 0 Å². The van der Waals surface area contributed by atoms with E-state index in [-0.39, 0.29) is 38.1 Å². The summed E-state index contributed by atoms with van der Waals surface area (Å²) in [7, 11) is 1.60. The molecule has 0 unspecified atom stereocenters. The second kappa shape index (κ2) is 11.1. The van der Waals surface area contributed by atoms with Crippen molar-refractivity contribution in [1.82, 2.24) is 4.90 Å². The number of anilines is 2. The third-order valence-electron chi connectivity index (χ3n) is 3.64. The first-order valence-electron chi connectivity index (χ1n) is 7.81. The number of rotatable bonds is 7. The zero-order valence-corrected chi connectivity index (χ0v) is 21.4. The summed E-state index contributed by atoms with van der Waals surface area (Å²) in [6, 6.07) is 0. The van der Waals surface area contributed by atoms with Gasteiger partial charge in [0.15, 0.2) is 0 Å². The fraction of sp³-hybridized carbons (Fsp3) is 0.438. The first-order chi connectivity index (χ1) is 12.6. The first-order valence-corrected chi connectivity index (χ1v) is 11.0. The van der Waals surface area contributed by atoms with E-state index in [9.17, 15) is 24.6 Å². The summed E-state index contributed by atoms with van der Waals surface area (Å²) in [6.07, 6.45) is 0. The molecule has 0 saturated carbocycles. The molecule has 11 heteroatoms. The number of nitrogens with zero attached hydrogens (tertiary/aromatic N) is 2. The second-order valence-corrected chi connectivity index (χ2v) is 8.78. The Morgan fingerprint density at radius 3 is 1.89 bits per heavy atom. The minimum Gasteiger partial charge on any atom is -0.395 e. The van der Waals surface area contributed by atoms with Crippen molar-refractivity contribution in [1.29, 1.82) is 0 Å². The zero-order valence-electron chi connectivity index (χ0n) is 15.0. The minimum atomic E-state index is -0.395. The predicted octanol–water partition coefficient (Wildman–Crippen LogP) is 1.87. The van der Waals surface area contributed by atoms with Crippen LogP contribution in [0.2, 0.25) is 0 Å². The van der Waals surface area contributed by atoms with E-state index in [4.69, 9.17) is 0 Å². The fourth-order valence-electron chi connectivity index (χ4n) is 2.29. The van der Waals surface area contributed by atoms with Crippen molar-refractivity contribution in [2.75, 3.05) is 43.6 Å². The van der Waals surface area contributed by atoms with Gasteiger partial charge in [-0.15, -0.1) is 0 Å². The number of hydrogen-bond donors (Lipinski definition) is 3. The molecular weight excluding hydrogens is 695 g/mol. The SMILES string of the molecule is CC(=O)Nc1c(I)c(C(=O)N(CCO)CCO)c(I)c(N(C)C(C)=O)c1I. The van der Waals surface area contributed by atoms with Gasteiger partial charge in [0, 0.05) is 34.0 Å². The maximum atomic E-state index is 13.1. The Morgan fingerprint density at radius 2 is 1.48 bits per heavy atom. The molecule has 0 radical (unpaired) electrons. The number of hydrogen-bond acceptors (Lipinski definition) is 5. The molecule has 27 heavy (non-hydrogen) atoms. The Kier molecular flexibility index (Phi) is 10.2. The number of aliphatic hydroxyl groups is 2. The summed E-state index contributed by atoms with van der Waals surface area (Å²) in [5, 5.41) is 21.2. The van der Waals surface area contributed by atoms with Crippen LogP contribution < -0.4 is 10.2 Å². The molecule has 0 fully saturated rings. The van der Waals surface area contributed by atoms with Crippen LogP contribution >= 0.6 is 67.8 Å². The smallest absolute Gasteiger partial charge is 0.256 e. The number of benzene rings is 1. The molecule has 1 rings (SSSR count). The van der Waals surface area contributed by atoms with Crippen LogP contribution in [0.15, 0.2) is 0 Å². The van der Waals surface area contributed by atoms with Crippen molar-refractivity contribution in [3.63, 3.8) is 0 Å². The van der Waals surface area contributed by atoms with Gasteiger partial charge >= 0.3 is 0 Å². The average molecular weight is 715 g/mol. The standard InChI is InChI=1S/C16H20I3N3O5/c1-8(25)20-14-11(17)10(16(27)22(4-6-23)5-7-24)12(18)15(13(14)19)21(3)9(2)26/h23-24H,4-7H2,1-3H3,(H,20,25). The Hall–Kier alpha value is -0.260. The molecule has 0 bridgehead atoms. The van der Waals surface area contributed by atoms with E-state index in [1.807, 2.05) is 67.8 Å². The van der Waals surface area contributed by atoms with Crippen molar-refractivity contribution < 1.29 is 24.6 Å². The molecule has 0 aromatic heterocycles. The summed E-state index contributed by atoms with van der Waals surface area (Å²) >= 11 is 6.04. The molecular formula is C16H20I3N3O5. The maximum absolute atomic E-state index is 13.1. The third-order valence-corrected chi connectivity index (χ3v) is 6.82. The second-order valence-electron chi connectivity index (χ2n) is 5.54. The monoisotopic (exact) mass is 715 g/mol. The number of amides is 3. The van der Waals surface area contributed by atoms with Gasteiger partial charge in [0.25, 0.3) is 5.91 Å². The summed E-state index contributed by atoms with van der Waals surface area (Å²) in [6.45, 7) is 2.40. The van der Waals surface area contributed by atoms with Gasteiger partial charge in [0.2, 0.25) is 11.8 Å². The van der Waals surface area contributed by atoms with E-state index >= 15 is 0 Å². The van der Waals surface area contributed by atoms with Crippen LogP contribution in [-0.2, 0) is 9.59 Å². The van der Waals surface area contributed by atoms with Crippen molar-refractivity contribution in [2.45, 2.75) is 13.8 Å². The van der Waals surface area contributed by atoms with Crippen LogP contribution in [-0.4, -0.2) is 66.2 Å². The average Bonchev–Trinajstić information content (AvgIpc) is 2.58. The van der Waals surface area contributed by atoms with Crippen molar-refractivity contribution in [2.24, 2.45) is 0 Å². The van der Waals surface area contributed by atoms with E-state index < -0.39 is 5.91 Å². The molecule has 0 saturated heterocycles. The number of aliphatic hydroxyl groups excluding tert-OH is 2. The van der Waals surface area contributed by atoms with Crippen LogP contribution in [0.5, 0.6) is 0 Å². The first kappa shape index (κ1) is 24.8. The topological polar surface area (TPSA) is 110 Å². The van der Waals surface area contributed by atoms with Gasteiger partial charge in [-0.25, -0.2) is 0 Å². The lowest BCUT2D eigenvalue weighted by Crippen LogP contribution is -2.37. The predicted molar refractivity (Wildman–Crippen MR) is 128 cm³/mol. The van der Waals surface area contributed by atoms with Gasteiger partial charge < -0.3 is 25.3 Å². The lowest BCUT2D eigenvalue weighted by atomic mass is 10.1. The Bertz CT molecular complexity index is 752. The lowest BCUT2D eigenvalue weighted by molar-refractivity contribution is -0.116. The summed E-state index contributed by atoms with van der Waals surface area (Å²) in [4.78, 5) is 39.5.